The van der Waals surface area contributed by atoms with Crippen LogP contribution in [0.4, 0.5) is 9.59 Å². The van der Waals surface area contributed by atoms with Gasteiger partial charge in [-0.1, -0.05) is 23.2 Å². The van der Waals surface area contributed by atoms with Crippen LogP contribution in [0.2, 0.25) is 10.0 Å². The summed E-state index contributed by atoms with van der Waals surface area (Å²) in [6, 6.07) is 2.68. The first-order valence-corrected chi connectivity index (χ1v) is 7.41. The number of hydrogen-bond donors (Lipinski definition) is 2. The van der Waals surface area contributed by atoms with Crippen LogP contribution in [0.15, 0.2) is 23.1 Å². The van der Waals surface area contributed by atoms with E-state index in [-0.39, 0.29) is 0 Å². The van der Waals surface area contributed by atoms with Crippen LogP contribution in [0.5, 0.6) is 0 Å². The van der Waals surface area contributed by atoms with E-state index >= 15 is 0 Å². The van der Waals surface area contributed by atoms with E-state index in [1.807, 2.05) is 0 Å². The van der Waals surface area contributed by atoms with Gasteiger partial charge in [0.25, 0.3) is 0 Å². The minimum atomic E-state index is -0.818. The van der Waals surface area contributed by atoms with Crippen LogP contribution in [0.25, 0.3) is 0 Å². The van der Waals surface area contributed by atoms with E-state index in [0.29, 0.717) is 19.8 Å². The minimum absolute atomic E-state index is 0.340. The van der Waals surface area contributed by atoms with E-state index in [1.165, 1.54) is 21.2 Å². The summed E-state index contributed by atoms with van der Waals surface area (Å²) >= 11 is 12.6. The van der Waals surface area contributed by atoms with Crippen LogP contribution >= 0.6 is 35.1 Å². The monoisotopic (exact) mass is 364 g/mol. The third-order valence-corrected chi connectivity index (χ3v) is 3.83. The van der Waals surface area contributed by atoms with Crippen molar-refractivity contribution in [3.8, 4) is 0 Å². The fourth-order valence-corrected chi connectivity index (χ4v) is 2.22. The summed E-state index contributed by atoms with van der Waals surface area (Å²) in [5, 5.41) is 8.27. The molecular formula is C12H14Cl2N4O3S. The molecule has 2 N–H and O–H groups in total. The maximum absolute atomic E-state index is 12.1. The van der Waals surface area contributed by atoms with Crippen molar-refractivity contribution in [3.05, 3.63) is 28.2 Å². The van der Waals surface area contributed by atoms with Gasteiger partial charge < -0.3 is 9.64 Å². The zero-order valence-electron chi connectivity index (χ0n) is 12.0. The number of urea groups is 2. The molecule has 0 atom stereocenters. The Morgan fingerprint density at radius 1 is 1.27 bits per heavy atom. The Morgan fingerprint density at radius 2 is 1.91 bits per heavy atom. The Bertz CT molecular complexity index is 598. The van der Waals surface area contributed by atoms with E-state index in [1.54, 1.807) is 18.2 Å². The van der Waals surface area contributed by atoms with Gasteiger partial charge >= 0.3 is 18.1 Å². The average molecular weight is 365 g/mol. The van der Waals surface area contributed by atoms with Crippen molar-refractivity contribution in [2.45, 2.75) is 4.90 Å². The number of hydrogen-bond acceptors (Lipinski definition) is 5. The first-order chi connectivity index (χ1) is 10.3. The number of methoxy groups -OCH3 is 1. The van der Waals surface area contributed by atoms with Crippen molar-refractivity contribution in [3.63, 3.8) is 0 Å². The van der Waals surface area contributed by atoms with Crippen molar-refractivity contribution in [2.24, 2.45) is 0 Å². The van der Waals surface area contributed by atoms with Crippen molar-refractivity contribution in [1.29, 1.82) is 5.41 Å². The number of imide groups is 1. The molecule has 7 nitrogen and oxygen atoms in total. The Labute approximate surface area is 142 Å². The van der Waals surface area contributed by atoms with Crippen LogP contribution in [0, 0.1) is 5.41 Å². The highest BCUT2D eigenvalue weighted by molar-refractivity contribution is 7.98. The molecule has 0 aliphatic heterocycles. The molecule has 22 heavy (non-hydrogen) atoms. The largest absolute Gasteiger partial charge is 0.468 e. The van der Waals surface area contributed by atoms with Crippen molar-refractivity contribution in [1.82, 2.24) is 14.5 Å². The summed E-state index contributed by atoms with van der Waals surface area (Å²) in [6.45, 7) is 0. The fourth-order valence-electron chi connectivity index (χ4n) is 1.25. The van der Waals surface area contributed by atoms with Gasteiger partial charge in [0, 0.05) is 19.0 Å². The van der Waals surface area contributed by atoms with Crippen molar-refractivity contribution >= 4 is 53.2 Å². The third kappa shape index (κ3) is 4.69. The van der Waals surface area contributed by atoms with Crippen molar-refractivity contribution in [2.75, 3.05) is 21.2 Å². The van der Waals surface area contributed by atoms with E-state index in [0.717, 1.165) is 16.8 Å². The van der Waals surface area contributed by atoms with Crippen LogP contribution < -0.4 is 4.72 Å². The van der Waals surface area contributed by atoms with Gasteiger partial charge in [-0.05, 0) is 30.1 Å². The van der Waals surface area contributed by atoms with Gasteiger partial charge in [-0.25, -0.2) is 9.59 Å². The second-order valence-corrected chi connectivity index (χ2v) is 5.80. The highest BCUT2D eigenvalue weighted by atomic mass is 35.5. The molecule has 0 unspecified atom stereocenters. The highest BCUT2D eigenvalue weighted by Gasteiger charge is 2.28. The predicted octanol–water partition coefficient (Wildman–Crippen LogP) is 3.27. The number of nitrogens with one attached hydrogen (secondary N) is 2. The third-order valence-electron chi connectivity index (χ3n) is 2.32. The van der Waals surface area contributed by atoms with Gasteiger partial charge in [0.15, 0.2) is 0 Å². The fraction of sp³-hybridized carbons (Fsp3) is 0.250. The van der Waals surface area contributed by atoms with E-state index in [4.69, 9.17) is 28.6 Å². The van der Waals surface area contributed by atoms with Crippen LogP contribution in [-0.4, -0.2) is 49.1 Å². The smallest absolute Gasteiger partial charge is 0.344 e. The Balaban J connectivity index is 2.80. The number of benzene rings is 1. The standard InChI is InChI=1S/C12H14Cl2N4O3S/c1-17(2)12(20)18(10(15)21-3)11(19)16-22-7-4-5-8(13)9(14)6-7/h4-6,15H,1-3H3,(H,16,19). The molecule has 0 aliphatic carbocycles. The van der Waals surface area contributed by atoms with E-state index in [9.17, 15) is 9.59 Å². The lowest BCUT2D eigenvalue weighted by molar-refractivity contribution is 0.180. The number of halogens is 2. The quantitative estimate of drug-likeness (QED) is 0.479. The van der Waals surface area contributed by atoms with Crippen LogP contribution in [0.3, 0.4) is 0 Å². The molecule has 1 aromatic carbocycles. The molecule has 0 saturated carbocycles. The molecule has 0 aromatic heterocycles. The van der Waals surface area contributed by atoms with Crippen LogP contribution in [-0.2, 0) is 4.74 Å². The number of carbonyl (C=O) groups excluding carboxylic acids is 2. The average Bonchev–Trinajstić information content (AvgIpc) is 2.48. The van der Waals surface area contributed by atoms with Gasteiger partial charge in [0.05, 0.1) is 17.2 Å². The lowest BCUT2D eigenvalue weighted by Crippen LogP contribution is -2.50. The second-order valence-electron chi connectivity index (χ2n) is 4.11. The van der Waals surface area contributed by atoms with E-state index < -0.39 is 18.1 Å². The first kappa shape index (κ1) is 18.4. The summed E-state index contributed by atoms with van der Waals surface area (Å²) < 4.78 is 7.08. The molecule has 1 rings (SSSR count). The number of rotatable bonds is 2. The van der Waals surface area contributed by atoms with Gasteiger partial charge in [0.2, 0.25) is 0 Å². The van der Waals surface area contributed by atoms with Crippen molar-refractivity contribution < 1.29 is 14.3 Å². The van der Waals surface area contributed by atoms with E-state index in [2.05, 4.69) is 9.46 Å². The molecule has 0 saturated heterocycles. The second kappa shape index (κ2) is 8.11. The zero-order valence-corrected chi connectivity index (χ0v) is 14.3. The minimum Gasteiger partial charge on any atom is -0.468 e. The van der Waals surface area contributed by atoms with Gasteiger partial charge in [-0.15, -0.1) is 0 Å². The highest BCUT2D eigenvalue weighted by Crippen LogP contribution is 2.26. The maximum atomic E-state index is 12.1. The Morgan fingerprint density at radius 3 is 2.41 bits per heavy atom. The summed E-state index contributed by atoms with van der Waals surface area (Å²) in [7, 11) is 4.10. The topological polar surface area (TPSA) is 85.7 Å². The van der Waals surface area contributed by atoms with Gasteiger partial charge in [-0.3, -0.25) is 10.1 Å². The number of amidine groups is 1. The Hall–Kier alpha value is -1.64. The SMILES string of the molecule is COC(=N)N(C(=O)NSc1ccc(Cl)c(Cl)c1)C(=O)N(C)C. The summed E-state index contributed by atoms with van der Waals surface area (Å²) in [5.41, 5.74) is 0. The lowest BCUT2D eigenvalue weighted by atomic mass is 10.4. The molecule has 4 amide bonds. The number of amides is 4. The summed E-state index contributed by atoms with van der Waals surface area (Å²) in [4.78, 5) is 26.3. The Kier molecular flexibility index (Phi) is 6.79. The molecule has 1 aromatic rings. The lowest BCUT2D eigenvalue weighted by Gasteiger charge is -2.23. The summed E-state index contributed by atoms with van der Waals surface area (Å²) in [5.74, 6) is 0. The normalized spacial score (nSPS) is 9.86. The molecular weight excluding hydrogens is 351 g/mol. The summed E-state index contributed by atoms with van der Waals surface area (Å²) in [6.07, 6.45) is 0. The first-order valence-electron chi connectivity index (χ1n) is 5.83. The maximum Gasteiger partial charge on any atom is 0.344 e. The van der Waals surface area contributed by atoms with Gasteiger partial charge in [0.1, 0.15) is 0 Å². The molecule has 0 fully saturated rings. The molecule has 120 valence electrons. The number of nitrogens with zero attached hydrogens (tertiary/aromatic N) is 2. The molecule has 0 bridgehead atoms. The molecule has 0 aliphatic rings. The molecule has 0 spiro atoms. The molecule has 0 radical (unpaired) electrons. The predicted molar refractivity (Wildman–Crippen MR) is 86.5 cm³/mol. The van der Waals surface area contributed by atoms with Crippen LogP contribution in [0.1, 0.15) is 0 Å². The van der Waals surface area contributed by atoms with Gasteiger partial charge in [-0.2, -0.15) is 4.90 Å². The zero-order chi connectivity index (χ0) is 16.9. The molecule has 10 heteroatoms. The number of carbonyl (C=O) groups is 2. The number of ether oxygens (including phenoxy) is 1. The molecule has 0 heterocycles.